The summed E-state index contributed by atoms with van der Waals surface area (Å²) < 4.78 is 0. The second-order valence-corrected chi connectivity index (χ2v) is 7.23. The van der Waals surface area contributed by atoms with Crippen molar-refractivity contribution in [3.8, 4) is 0 Å². The van der Waals surface area contributed by atoms with E-state index >= 15 is 0 Å². The van der Waals surface area contributed by atoms with Crippen LogP contribution in [0.5, 0.6) is 0 Å². The highest BCUT2D eigenvalue weighted by Gasteiger charge is 2.24. The Morgan fingerprint density at radius 3 is 2.41 bits per heavy atom. The zero-order valence-electron chi connectivity index (χ0n) is 11.9. The van der Waals surface area contributed by atoms with E-state index in [2.05, 4.69) is 56.8 Å². The molecule has 0 aliphatic carbocycles. The Kier molecular flexibility index (Phi) is 5.68. The lowest BCUT2D eigenvalue weighted by atomic mass is 9.77. The fourth-order valence-electron chi connectivity index (χ4n) is 1.92. The van der Waals surface area contributed by atoms with Gasteiger partial charge in [0.25, 0.3) is 0 Å². The molecule has 0 amide bonds. The second kappa shape index (κ2) is 6.55. The minimum atomic E-state index is 0.367. The van der Waals surface area contributed by atoms with Crippen molar-refractivity contribution < 1.29 is 0 Å². The van der Waals surface area contributed by atoms with Crippen LogP contribution in [0, 0.1) is 17.3 Å². The molecule has 17 heavy (non-hydrogen) atoms. The maximum Gasteiger partial charge on any atom is -0.00122 e. The van der Waals surface area contributed by atoms with Crippen molar-refractivity contribution in [1.82, 2.24) is 5.32 Å². The van der Waals surface area contributed by atoms with Gasteiger partial charge < -0.3 is 5.32 Å². The molecule has 98 valence electrons. The first kappa shape index (κ1) is 14.7. The van der Waals surface area contributed by atoms with Crippen LogP contribution in [0.2, 0.25) is 0 Å². The van der Waals surface area contributed by atoms with Crippen LogP contribution < -0.4 is 5.32 Å². The number of thiophene rings is 1. The topological polar surface area (TPSA) is 12.0 Å². The summed E-state index contributed by atoms with van der Waals surface area (Å²) in [6.07, 6.45) is 1.19. The maximum absolute atomic E-state index is 3.61. The Hall–Kier alpha value is -0.340. The van der Waals surface area contributed by atoms with Gasteiger partial charge in [-0.1, -0.05) is 34.6 Å². The molecule has 1 nitrogen and oxygen atoms in total. The molecule has 1 N–H and O–H groups in total. The summed E-state index contributed by atoms with van der Waals surface area (Å²) in [5.74, 6) is 1.44. The van der Waals surface area contributed by atoms with E-state index < -0.39 is 0 Å². The summed E-state index contributed by atoms with van der Waals surface area (Å²) in [6, 6.07) is 2.26. The SMILES string of the molecule is CC(C)CNCC(Cc1ccsc1)C(C)(C)C. The van der Waals surface area contributed by atoms with E-state index in [1.807, 2.05) is 0 Å². The first-order valence-corrected chi connectivity index (χ1v) is 7.55. The van der Waals surface area contributed by atoms with Crippen molar-refractivity contribution in [3.05, 3.63) is 22.4 Å². The molecular formula is C15H27NS. The maximum atomic E-state index is 3.61. The minimum absolute atomic E-state index is 0.367. The van der Waals surface area contributed by atoms with Gasteiger partial charge in [-0.15, -0.1) is 0 Å². The Labute approximate surface area is 111 Å². The number of hydrogen-bond acceptors (Lipinski definition) is 2. The third-order valence-corrected chi connectivity index (χ3v) is 3.96. The molecule has 0 aliphatic heterocycles. The molecule has 1 rings (SSSR count). The number of rotatable bonds is 6. The van der Waals surface area contributed by atoms with Crippen molar-refractivity contribution in [2.24, 2.45) is 17.3 Å². The van der Waals surface area contributed by atoms with E-state index in [0.29, 0.717) is 11.3 Å². The normalized spacial score (nSPS) is 14.2. The third kappa shape index (κ3) is 5.69. The van der Waals surface area contributed by atoms with E-state index in [4.69, 9.17) is 0 Å². The van der Waals surface area contributed by atoms with Gasteiger partial charge in [0.2, 0.25) is 0 Å². The molecule has 1 heterocycles. The van der Waals surface area contributed by atoms with E-state index in [1.165, 1.54) is 12.0 Å². The van der Waals surface area contributed by atoms with Gasteiger partial charge in [-0.2, -0.15) is 11.3 Å². The molecule has 0 aliphatic rings. The average Bonchev–Trinajstić information content (AvgIpc) is 2.66. The smallest absolute Gasteiger partial charge is 0.00122 e. The molecule has 0 fully saturated rings. The second-order valence-electron chi connectivity index (χ2n) is 6.45. The van der Waals surface area contributed by atoms with E-state index in [9.17, 15) is 0 Å². The Morgan fingerprint density at radius 2 is 1.94 bits per heavy atom. The first-order valence-electron chi connectivity index (χ1n) is 6.61. The van der Waals surface area contributed by atoms with Crippen LogP contribution in [0.1, 0.15) is 40.2 Å². The fourth-order valence-corrected chi connectivity index (χ4v) is 2.61. The average molecular weight is 253 g/mol. The predicted molar refractivity (Wildman–Crippen MR) is 78.7 cm³/mol. The Morgan fingerprint density at radius 1 is 1.24 bits per heavy atom. The lowest BCUT2D eigenvalue weighted by molar-refractivity contribution is 0.229. The highest BCUT2D eigenvalue weighted by molar-refractivity contribution is 7.07. The van der Waals surface area contributed by atoms with Crippen LogP contribution >= 0.6 is 11.3 Å². The van der Waals surface area contributed by atoms with Crippen molar-refractivity contribution in [2.45, 2.75) is 41.0 Å². The van der Waals surface area contributed by atoms with Crippen LogP contribution in [0.15, 0.2) is 16.8 Å². The lowest BCUT2D eigenvalue weighted by Crippen LogP contribution is -2.34. The summed E-state index contributed by atoms with van der Waals surface area (Å²) in [5.41, 5.74) is 1.85. The molecular weight excluding hydrogens is 226 g/mol. The molecule has 1 aromatic heterocycles. The summed E-state index contributed by atoms with van der Waals surface area (Å²) in [7, 11) is 0. The molecule has 2 heteroatoms. The number of hydrogen-bond donors (Lipinski definition) is 1. The number of nitrogens with one attached hydrogen (secondary N) is 1. The van der Waals surface area contributed by atoms with Crippen molar-refractivity contribution >= 4 is 11.3 Å². The standard InChI is InChI=1S/C15H27NS/c1-12(2)9-16-10-14(15(3,4)5)8-13-6-7-17-11-13/h6-7,11-12,14,16H,8-10H2,1-5H3. The molecule has 1 unspecified atom stereocenters. The highest BCUT2D eigenvalue weighted by atomic mass is 32.1. The summed E-state index contributed by atoms with van der Waals surface area (Å²) in [4.78, 5) is 0. The summed E-state index contributed by atoms with van der Waals surface area (Å²) in [6.45, 7) is 13.8. The van der Waals surface area contributed by atoms with Gasteiger partial charge in [-0.3, -0.25) is 0 Å². The van der Waals surface area contributed by atoms with Crippen LogP contribution in [-0.4, -0.2) is 13.1 Å². The lowest BCUT2D eigenvalue weighted by Gasteiger charge is -2.31. The van der Waals surface area contributed by atoms with Crippen molar-refractivity contribution in [2.75, 3.05) is 13.1 Å². The molecule has 0 saturated carbocycles. The quantitative estimate of drug-likeness (QED) is 0.801. The first-order chi connectivity index (χ1) is 7.89. The summed E-state index contributed by atoms with van der Waals surface area (Å²) >= 11 is 1.80. The highest BCUT2D eigenvalue weighted by Crippen LogP contribution is 2.29. The van der Waals surface area contributed by atoms with Crippen molar-refractivity contribution in [1.29, 1.82) is 0 Å². The largest absolute Gasteiger partial charge is 0.316 e. The molecule has 0 spiro atoms. The van der Waals surface area contributed by atoms with Gasteiger partial charge in [-0.05, 0) is 59.2 Å². The van der Waals surface area contributed by atoms with E-state index in [1.54, 1.807) is 11.3 Å². The van der Waals surface area contributed by atoms with Gasteiger partial charge in [-0.25, -0.2) is 0 Å². The van der Waals surface area contributed by atoms with Gasteiger partial charge in [0, 0.05) is 0 Å². The summed E-state index contributed by atoms with van der Waals surface area (Å²) in [5, 5.41) is 8.06. The zero-order valence-corrected chi connectivity index (χ0v) is 12.7. The molecule has 1 atom stereocenters. The van der Waals surface area contributed by atoms with Gasteiger partial charge in [0.1, 0.15) is 0 Å². The minimum Gasteiger partial charge on any atom is -0.316 e. The van der Waals surface area contributed by atoms with Crippen LogP contribution in [0.3, 0.4) is 0 Å². The fraction of sp³-hybridized carbons (Fsp3) is 0.733. The molecule has 0 bridgehead atoms. The van der Waals surface area contributed by atoms with Crippen LogP contribution in [-0.2, 0) is 6.42 Å². The van der Waals surface area contributed by atoms with Crippen molar-refractivity contribution in [3.63, 3.8) is 0 Å². The van der Waals surface area contributed by atoms with Crippen LogP contribution in [0.25, 0.3) is 0 Å². The molecule has 0 aromatic carbocycles. The van der Waals surface area contributed by atoms with Gasteiger partial charge >= 0.3 is 0 Å². The predicted octanol–water partition coefficient (Wildman–Crippen LogP) is 4.20. The zero-order chi connectivity index (χ0) is 12.9. The Balaban J connectivity index is 2.50. The van der Waals surface area contributed by atoms with E-state index in [-0.39, 0.29) is 0 Å². The molecule has 0 saturated heterocycles. The monoisotopic (exact) mass is 253 g/mol. The molecule has 1 aromatic rings. The van der Waals surface area contributed by atoms with E-state index in [0.717, 1.165) is 19.0 Å². The van der Waals surface area contributed by atoms with Gasteiger partial charge in [0.05, 0.1) is 0 Å². The Bertz CT molecular complexity index is 295. The third-order valence-electron chi connectivity index (χ3n) is 3.23. The molecule has 0 radical (unpaired) electrons. The van der Waals surface area contributed by atoms with Gasteiger partial charge in [0.15, 0.2) is 0 Å². The van der Waals surface area contributed by atoms with Crippen LogP contribution in [0.4, 0.5) is 0 Å².